The second kappa shape index (κ2) is 7.11. The molecule has 1 amide bonds. The molecule has 24 heavy (non-hydrogen) atoms. The predicted octanol–water partition coefficient (Wildman–Crippen LogP) is 2.32. The molecule has 8 heteroatoms. The number of ether oxygens (including phenoxy) is 2. The Labute approximate surface area is 137 Å². The van der Waals surface area contributed by atoms with Crippen LogP contribution < -0.4 is 4.74 Å². The number of esters is 1. The highest BCUT2D eigenvalue weighted by Gasteiger charge is 2.38. The third-order valence-corrected chi connectivity index (χ3v) is 3.91. The van der Waals surface area contributed by atoms with Crippen LogP contribution in [-0.4, -0.2) is 43.7 Å². The molecular weight excluding hydrogens is 327 g/mol. The molecule has 0 saturated carbocycles. The van der Waals surface area contributed by atoms with Crippen LogP contribution in [-0.2, 0) is 27.3 Å². The van der Waals surface area contributed by atoms with Gasteiger partial charge in [-0.15, -0.1) is 0 Å². The molecular formula is C16H18F3NO4. The maximum absolute atomic E-state index is 12.8. The first-order chi connectivity index (χ1) is 11.2. The van der Waals surface area contributed by atoms with Gasteiger partial charge in [-0.3, -0.25) is 9.59 Å². The lowest BCUT2D eigenvalue weighted by molar-refractivity contribution is -0.165. The molecule has 0 aromatic heterocycles. The number of benzene rings is 1. The van der Waals surface area contributed by atoms with Crippen LogP contribution in [0.4, 0.5) is 13.2 Å². The van der Waals surface area contributed by atoms with Gasteiger partial charge in [0.25, 0.3) is 0 Å². The zero-order valence-electron chi connectivity index (χ0n) is 13.4. The van der Waals surface area contributed by atoms with Crippen molar-refractivity contribution in [2.75, 3.05) is 20.8 Å². The minimum atomic E-state index is -4.52. The number of hydrogen-bond acceptors (Lipinski definition) is 4. The molecule has 0 unspecified atom stereocenters. The van der Waals surface area contributed by atoms with Gasteiger partial charge in [-0.25, -0.2) is 0 Å². The van der Waals surface area contributed by atoms with Crippen LogP contribution in [0.1, 0.15) is 17.5 Å². The summed E-state index contributed by atoms with van der Waals surface area (Å²) in [5, 5.41) is 0. The van der Waals surface area contributed by atoms with Crippen molar-refractivity contribution < 1.29 is 32.2 Å². The number of rotatable bonds is 4. The first-order valence-electron chi connectivity index (χ1n) is 7.31. The summed E-state index contributed by atoms with van der Waals surface area (Å²) in [6.07, 6.45) is -4.59. The zero-order valence-corrected chi connectivity index (χ0v) is 13.4. The lowest BCUT2D eigenvalue weighted by atomic mass is 9.94. The van der Waals surface area contributed by atoms with Crippen molar-refractivity contribution in [2.24, 2.45) is 5.92 Å². The van der Waals surface area contributed by atoms with E-state index in [0.717, 1.165) is 10.5 Å². The molecule has 0 N–H and O–H groups in total. The number of fused-ring (bicyclic) bond motifs is 1. The molecule has 0 bridgehead atoms. The number of nitrogens with zero attached hydrogens (tertiary/aromatic N) is 1. The molecule has 1 atom stereocenters. The second-order valence-electron chi connectivity index (χ2n) is 5.63. The fourth-order valence-electron chi connectivity index (χ4n) is 2.76. The largest absolute Gasteiger partial charge is 0.497 e. The van der Waals surface area contributed by atoms with Gasteiger partial charge in [0.1, 0.15) is 12.3 Å². The van der Waals surface area contributed by atoms with E-state index in [1.54, 1.807) is 18.2 Å². The molecule has 0 aliphatic carbocycles. The summed E-state index contributed by atoms with van der Waals surface area (Å²) in [6, 6.07) is 5.01. The summed E-state index contributed by atoms with van der Waals surface area (Å²) in [4.78, 5) is 24.7. The third-order valence-electron chi connectivity index (χ3n) is 3.91. The van der Waals surface area contributed by atoms with Gasteiger partial charge in [-0.05, 0) is 29.7 Å². The smallest absolute Gasteiger partial charge is 0.406 e. The summed E-state index contributed by atoms with van der Waals surface area (Å²) in [6.45, 7) is -1.54. The summed E-state index contributed by atoms with van der Waals surface area (Å²) in [5.74, 6) is -1.71. The van der Waals surface area contributed by atoms with Crippen LogP contribution in [0.15, 0.2) is 18.2 Å². The number of methoxy groups -OCH3 is 2. The van der Waals surface area contributed by atoms with Crippen molar-refractivity contribution in [3.63, 3.8) is 0 Å². The van der Waals surface area contributed by atoms with E-state index in [-0.39, 0.29) is 19.4 Å². The first kappa shape index (κ1) is 18.1. The van der Waals surface area contributed by atoms with Crippen molar-refractivity contribution >= 4 is 11.9 Å². The Morgan fingerprint density at radius 1 is 1.29 bits per heavy atom. The maximum Gasteiger partial charge on any atom is 0.406 e. The third kappa shape index (κ3) is 4.39. The molecule has 1 heterocycles. The van der Waals surface area contributed by atoms with Crippen LogP contribution in [0.2, 0.25) is 0 Å². The Balaban J connectivity index is 2.37. The van der Waals surface area contributed by atoms with Crippen LogP contribution in [0.3, 0.4) is 0 Å². The normalized spacial score (nSPS) is 18.0. The number of carbonyl (C=O) groups is 2. The summed E-state index contributed by atoms with van der Waals surface area (Å²) in [5.41, 5.74) is 1.31. The molecule has 1 aromatic rings. The van der Waals surface area contributed by atoms with Gasteiger partial charge < -0.3 is 14.4 Å². The Bertz CT molecular complexity index is 630. The van der Waals surface area contributed by atoms with E-state index in [2.05, 4.69) is 4.74 Å². The van der Waals surface area contributed by atoms with Gasteiger partial charge >= 0.3 is 12.1 Å². The summed E-state index contributed by atoms with van der Waals surface area (Å²) in [7, 11) is 2.63. The van der Waals surface area contributed by atoms with E-state index in [9.17, 15) is 22.8 Å². The minimum absolute atomic E-state index is 0.178. The molecule has 1 aliphatic rings. The average Bonchev–Trinajstić information content (AvgIpc) is 2.63. The molecule has 132 valence electrons. The average molecular weight is 345 g/mol. The molecule has 0 radical (unpaired) electrons. The van der Waals surface area contributed by atoms with Gasteiger partial charge in [0.2, 0.25) is 5.91 Å². The van der Waals surface area contributed by atoms with Crippen molar-refractivity contribution in [2.45, 2.75) is 25.6 Å². The van der Waals surface area contributed by atoms with E-state index in [0.29, 0.717) is 11.3 Å². The molecule has 0 fully saturated rings. The molecule has 0 spiro atoms. The van der Waals surface area contributed by atoms with E-state index >= 15 is 0 Å². The van der Waals surface area contributed by atoms with E-state index in [4.69, 9.17) is 4.74 Å². The highest BCUT2D eigenvalue weighted by molar-refractivity contribution is 5.84. The summed E-state index contributed by atoms with van der Waals surface area (Å²) < 4.78 is 48.1. The van der Waals surface area contributed by atoms with Gasteiger partial charge in [-0.2, -0.15) is 13.2 Å². The van der Waals surface area contributed by atoms with Crippen molar-refractivity contribution in [3.05, 3.63) is 29.3 Å². The topological polar surface area (TPSA) is 55.8 Å². The van der Waals surface area contributed by atoms with E-state index in [1.165, 1.54) is 14.2 Å². The van der Waals surface area contributed by atoms with Crippen LogP contribution in [0, 0.1) is 5.92 Å². The van der Waals surface area contributed by atoms with Crippen molar-refractivity contribution in [1.82, 2.24) is 4.90 Å². The summed E-state index contributed by atoms with van der Waals surface area (Å²) >= 11 is 0. The lowest BCUT2D eigenvalue weighted by Crippen LogP contribution is -2.41. The molecule has 5 nitrogen and oxygen atoms in total. The van der Waals surface area contributed by atoms with Gasteiger partial charge in [0, 0.05) is 6.54 Å². The molecule has 1 aliphatic heterocycles. The molecule has 0 saturated heterocycles. The standard InChI is InChI=1S/C16H18F3NO4/c1-23-13-4-3-10-5-11(7-14(21)24-2)15(22)20(8-12(10)6-13)9-16(17,18)19/h3-4,6,11H,5,7-9H2,1-2H3/t11-/m1/s1. The highest BCUT2D eigenvalue weighted by atomic mass is 19.4. The predicted molar refractivity (Wildman–Crippen MR) is 78.3 cm³/mol. The Morgan fingerprint density at radius 2 is 2.00 bits per heavy atom. The number of alkyl halides is 3. The number of amides is 1. The van der Waals surface area contributed by atoms with Gasteiger partial charge in [0.15, 0.2) is 0 Å². The minimum Gasteiger partial charge on any atom is -0.497 e. The van der Waals surface area contributed by atoms with Crippen LogP contribution in [0.5, 0.6) is 5.75 Å². The lowest BCUT2D eigenvalue weighted by Gasteiger charge is -2.25. The fraction of sp³-hybridized carbons (Fsp3) is 0.500. The highest BCUT2D eigenvalue weighted by Crippen LogP contribution is 2.30. The quantitative estimate of drug-likeness (QED) is 0.786. The second-order valence-corrected chi connectivity index (χ2v) is 5.63. The number of carbonyl (C=O) groups excluding carboxylic acids is 2. The Hall–Kier alpha value is -2.25. The molecule has 2 rings (SSSR count). The van der Waals surface area contributed by atoms with E-state index < -0.39 is 30.5 Å². The first-order valence-corrected chi connectivity index (χ1v) is 7.31. The zero-order chi connectivity index (χ0) is 17.9. The monoisotopic (exact) mass is 345 g/mol. The Kier molecular flexibility index (Phi) is 5.36. The van der Waals surface area contributed by atoms with Gasteiger partial charge in [-0.1, -0.05) is 6.07 Å². The number of halogens is 3. The number of hydrogen-bond donors (Lipinski definition) is 0. The molecule has 1 aromatic carbocycles. The Morgan fingerprint density at radius 3 is 2.58 bits per heavy atom. The fourth-order valence-corrected chi connectivity index (χ4v) is 2.76. The van der Waals surface area contributed by atoms with E-state index in [1.807, 2.05) is 0 Å². The van der Waals surface area contributed by atoms with Crippen molar-refractivity contribution in [3.8, 4) is 5.75 Å². The van der Waals surface area contributed by atoms with Crippen LogP contribution in [0.25, 0.3) is 0 Å². The van der Waals surface area contributed by atoms with Crippen LogP contribution >= 0.6 is 0 Å². The SMILES string of the molecule is COC(=O)C[C@H]1Cc2ccc(OC)cc2CN(CC(F)(F)F)C1=O. The maximum atomic E-state index is 12.8. The van der Waals surface area contributed by atoms with Crippen molar-refractivity contribution in [1.29, 1.82) is 0 Å². The van der Waals surface area contributed by atoms with Gasteiger partial charge in [0.05, 0.1) is 26.6 Å².